The summed E-state index contributed by atoms with van der Waals surface area (Å²) in [6, 6.07) is 14.8. The number of rotatable bonds is 10. The first-order chi connectivity index (χ1) is 16.5. The number of likely N-dealkylation sites (N-methyl/N-ethyl adjacent to an activating group) is 2. The van der Waals surface area contributed by atoms with Crippen molar-refractivity contribution in [2.75, 3.05) is 44.7 Å². The van der Waals surface area contributed by atoms with Gasteiger partial charge in [-0.3, -0.25) is 9.59 Å². The summed E-state index contributed by atoms with van der Waals surface area (Å²) in [5.74, 6) is -0.0569. The number of nitrogens with zero attached hydrogens (tertiary/aromatic N) is 2. The van der Waals surface area contributed by atoms with Gasteiger partial charge in [-0.05, 0) is 72.2 Å². The van der Waals surface area contributed by atoms with E-state index in [1.807, 2.05) is 29.8 Å². The number of nitrogens with one attached hydrogen (secondary N) is 2. The fourth-order valence-corrected chi connectivity index (χ4v) is 4.95. The van der Waals surface area contributed by atoms with Crippen LogP contribution in [0.3, 0.4) is 0 Å². The van der Waals surface area contributed by atoms with Crippen LogP contribution in [0.4, 0.5) is 5.69 Å². The molecule has 2 N–H and O–H groups in total. The molecule has 0 aliphatic heterocycles. The van der Waals surface area contributed by atoms with Gasteiger partial charge in [0.05, 0.1) is 13.1 Å². The second kappa shape index (κ2) is 10.9. The average Bonchev–Trinajstić information content (AvgIpc) is 3.44. The maximum atomic E-state index is 13.4. The van der Waals surface area contributed by atoms with Gasteiger partial charge in [-0.2, -0.15) is 0 Å². The van der Waals surface area contributed by atoms with Gasteiger partial charge in [0, 0.05) is 31.9 Å². The summed E-state index contributed by atoms with van der Waals surface area (Å²) >= 11 is 0. The molecular weight excluding hydrogens is 424 g/mol. The number of anilines is 1. The van der Waals surface area contributed by atoms with Crippen LogP contribution < -0.4 is 15.5 Å². The molecule has 6 nitrogen and oxygen atoms in total. The van der Waals surface area contributed by atoms with Crippen molar-refractivity contribution < 1.29 is 9.59 Å². The maximum absolute atomic E-state index is 13.4. The Morgan fingerprint density at radius 3 is 2.44 bits per heavy atom. The lowest BCUT2D eigenvalue weighted by molar-refractivity contribution is -0.130. The molecule has 34 heavy (non-hydrogen) atoms. The Labute approximate surface area is 203 Å². The molecule has 0 fully saturated rings. The van der Waals surface area contributed by atoms with E-state index in [1.54, 1.807) is 0 Å². The van der Waals surface area contributed by atoms with Gasteiger partial charge in [-0.1, -0.05) is 43.8 Å². The van der Waals surface area contributed by atoms with E-state index in [0.717, 1.165) is 55.6 Å². The van der Waals surface area contributed by atoms with Crippen molar-refractivity contribution >= 4 is 23.1 Å². The second-order valence-corrected chi connectivity index (χ2v) is 9.34. The van der Waals surface area contributed by atoms with Crippen molar-refractivity contribution in [2.45, 2.75) is 38.6 Å². The molecule has 2 aliphatic rings. The van der Waals surface area contributed by atoms with E-state index in [-0.39, 0.29) is 30.9 Å². The molecule has 0 heterocycles. The van der Waals surface area contributed by atoms with Crippen LogP contribution in [0, 0.1) is 0 Å². The minimum Gasteiger partial charge on any atom is -0.353 e. The highest BCUT2D eigenvalue weighted by atomic mass is 16.2. The van der Waals surface area contributed by atoms with E-state index in [0.29, 0.717) is 6.54 Å². The van der Waals surface area contributed by atoms with Crippen LogP contribution in [0.15, 0.2) is 49.0 Å². The third kappa shape index (κ3) is 5.50. The number of hydrogen-bond donors (Lipinski definition) is 2. The molecule has 2 aromatic carbocycles. The van der Waals surface area contributed by atoms with Crippen LogP contribution in [-0.4, -0.2) is 62.5 Å². The molecule has 2 aliphatic carbocycles. The minimum absolute atomic E-state index is 0.0255. The number of carbonyl (C=O) groups excluding carboxylic acids is 2. The van der Waals surface area contributed by atoms with Gasteiger partial charge >= 0.3 is 0 Å². The van der Waals surface area contributed by atoms with Crippen LogP contribution in [0.1, 0.15) is 35.6 Å². The Balaban J connectivity index is 1.46. The summed E-state index contributed by atoms with van der Waals surface area (Å²) in [7, 11) is 1.89. The van der Waals surface area contributed by atoms with Gasteiger partial charge in [0.25, 0.3) is 0 Å². The number of aryl methyl sites for hydroxylation is 1. The molecular formula is C28H36N4O2. The van der Waals surface area contributed by atoms with E-state index in [2.05, 4.69) is 53.6 Å². The monoisotopic (exact) mass is 460 g/mol. The molecule has 0 unspecified atom stereocenters. The molecule has 0 atom stereocenters. The van der Waals surface area contributed by atoms with Gasteiger partial charge in [-0.25, -0.2) is 0 Å². The summed E-state index contributed by atoms with van der Waals surface area (Å²) in [6.07, 6.45) is 3.72. The molecule has 0 saturated carbocycles. The smallest absolute Gasteiger partial charge is 0.242 e. The summed E-state index contributed by atoms with van der Waals surface area (Å²) in [5.41, 5.74) is 7.10. The molecule has 6 heteroatoms. The Morgan fingerprint density at radius 2 is 1.74 bits per heavy atom. The van der Waals surface area contributed by atoms with Crippen molar-refractivity contribution in [3.05, 3.63) is 71.3 Å². The molecule has 2 amide bonds. The maximum Gasteiger partial charge on any atom is 0.242 e. The molecule has 180 valence electrons. The third-order valence-corrected chi connectivity index (χ3v) is 7.04. The number of hydrogen-bond acceptors (Lipinski definition) is 4. The molecule has 4 rings (SSSR count). The number of carbonyl (C=O) groups is 2. The predicted octanol–water partition coefficient (Wildman–Crippen LogP) is 2.80. The molecule has 0 bridgehead atoms. The normalized spacial score (nSPS) is 14.6. The van der Waals surface area contributed by atoms with Crippen molar-refractivity contribution in [3.63, 3.8) is 0 Å². The number of allylic oxidation sites excluding steroid dienone is 1. The van der Waals surface area contributed by atoms with Crippen LogP contribution in [0.25, 0.3) is 5.57 Å². The third-order valence-electron chi connectivity index (χ3n) is 7.04. The number of amides is 2. The molecule has 2 aromatic rings. The first-order valence-corrected chi connectivity index (χ1v) is 12.3. The SMILES string of the molecule is C=C1CCc2ccc(N(CC(=O)NCCNCC)CC(=O)N(C)C3Cc4ccccc4C3)cc21. The zero-order valence-corrected chi connectivity index (χ0v) is 20.4. The van der Waals surface area contributed by atoms with Gasteiger partial charge in [0.2, 0.25) is 11.8 Å². The Hall–Kier alpha value is -3.12. The van der Waals surface area contributed by atoms with E-state index in [4.69, 9.17) is 0 Å². The topological polar surface area (TPSA) is 64.7 Å². The van der Waals surface area contributed by atoms with E-state index in [9.17, 15) is 9.59 Å². The van der Waals surface area contributed by atoms with Crippen molar-refractivity contribution in [1.82, 2.24) is 15.5 Å². The van der Waals surface area contributed by atoms with Gasteiger partial charge < -0.3 is 20.4 Å². The fourth-order valence-electron chi connectivity index (χ4n) is 4.95. The Kier molecular flexibility index (Phi) is 7.68. The average molecular weight is 461 g/mol. The van der Waals surface area contributed by atoms with Crippen LogP contribution in [-0.2, 0) is 28.9 Å². The highest BCUT2D eigenvalue weighted by Crippen LogP contribution is 2.34. The molecule has 0 spiro atoms. The standard InChI is InChI=1S/C28H36N4O2/c1-4-29-13-14-30-27(33)18-32(24-12-11-21-10-9-20(2)26(21)17-24)19-28(34)31(3)25-15-22-7-5-6-8-23(22)16-25/h5-8,11-12,17,25,29H,2,4,9-10,13-16,18-19H2,1,3H3,(H,30,33). The first kappa shape index (κ1) is 24.0. The highest BCUT2D eigenvalue weighted by molar-refractivity contribution is 5.87. The number of benzene rings is 2. The summed E-state index contributed by atoms with van der Waals surface area (Å²) < 4.78 is 0. The highest BCUT2D eigenvalue weighted by Gasteiger charge is 2.29. The largest absolute Gasteiger partial charge is 0.353 e. The molecule has 0 radical (unpaired) electrons. The lowest BCUT2D eigenvalue weighted by Crippen LogP contribution is -2.47. The lowest BCUT2D eigenvalue weighted by Gasteiger charge is -2.30. The van der Waals surface area contributed by atoms with Crippen molar-refractivity contribution in [3.8, 4) is 0 Å². The van der Waals surface area contributed by atoms with E-state index in [1.165, 1.54) is 16.7 Å². The zero-order chi connectivity index (χ0) is 24.1. The predicted molar refractivity (Wildman–Crippen MR) is 138 cm³/mol. The van der Waals surface area contributed by atoms with Gasteiger partial charge in [0.15, 0.2) is 0 Å². The van der Waals surface area contributed by atoms with Gasteiger partial charge in [-0.15, -0.1) is 0 Å². The first-order valence-electron chi connectivity index (χ1n) is 12.3. The molecule has 0 saturated heterocycles. The zero-order valence-electron chi connectivity index (χ0n) is 20.4. The fraction of sp³-hybridized carbons (Fsp3) is 0.429. The lowest BCUT2D eigenvalue weighted by atomic mass is 10.1. The summed E-state index contributed by atoms with van der Waals surface area (Å²) in [5, 5.41) is 6.17. The molecule has 0 aromatic heterocycles. The number of fused-ring (bicyclic) bond motifs is 2. The Bertz CT molecular complexity index is 1040. The van der Waals surface area contributed by atoms with Crippen molar-refractivity contribution in [1.29, 1.82) is 0 Å². The van der Waals surface area contributed by atoms with Crippen LogP contribution in [0.5, 0.6) is 0 Å². The van der Waals surface area contributed by atoms with Crippen LogP contribution >= 0.6 is 0 Å². The summed E-state index contributed by atoms with van der Waals surface area (Å²) in [4.78, 5) is 29.9. The Morgan fingerprint density at radius 1 is 1.00 bits per heavy atom. The van der Waals surface area contributed by atoms with Crippen LogP contribution in [0.2, 0.25) is 0 Å². The van der Waals surface area contributed by atoms with E-state index >= 15 is 0 Å². The quantitative estimate of drug-likeness (QED) is 0.535. The van der Waals surface area contributed by atoms with Gasteiger partial charge in [0.1, 0.15) is 0 Å². The van der Waals surface area contributed by atoms with Crippen molar-refractivity contribution in [2.24, 2.45) is 0 Å². The van der Waals surface area contributed by atoms with E-state index < -0.39 is 0 Å². The summed E-state index contributed by atoms with van der Waals surface area (Å²) in [6.45, 7) is 8.70. The second-order valence-electron chi connectivity index (χ2n) is 9.34. The minimum atomic E-state index is -0.0825.